The summed E-state index contributed by atoms with van der Waals surface area (Å²) in [5, 5.41) is 17.3. The first kappa shape index (κ1) is 37.3. The number of nitriles is 1. The van der Waals surface area contributed by atoms with Crippen LogP contribution in [0.3, 0.4) is 0 Å². The maximum Gasteiger partial charge on any atom is 0.246 e. The van der Waals surface area contributed by atoms with Crippen LogP contribution in [0, 0.1) is 11.3 Å². The monoisotopic (exact) mass is 820 g/mol. The van der Waals surface area contributed by atoms with Gasteiger partial charge in [0.05, 0.1) is 20.4 Å². The van der Waals surface area contributed by atoms with Gasteiger partial charge in [0.15, 0.2) is 10.3 Å². The van der Waals surface area contributed by atoms with Gasteiger partial charge in [0.25, 0.3) is 0 Å². The zero-order chi connectivity index (χ0) is 40.5. The lowest BCUT2D eigenvalue weighted by atomic mass is 10.2. The summed E-state index contributed by atoms with van der Waals surface area (Å²) in [6.07, 6.45) is 12.8. The fourth-order valence-electron chi connectivity index (χ4n) is 5.75. The molecule has 0 aliphatic heterocycles. The largest absolute Gasteiger partial charge is 0.437 e. The van der Waals surface area contributed by atoms with Crippen molar-refractivity contribution in [2.75, 3.05) is 10.6 Å². The summed E-state index contributed by atoms with van der Waals surface area (Å²) in [7, 11) is 0. The predicted molar refractivity (Wildman–Crippen MR) is 232 cm³/mol. The molecule has 10 aromatic rings. The van der Waals surface area contributed by atoms with Crippen molar-refractivity contribution in [3.63, 3.8) is 0 Å². The van der Waals surface area contributed by atoms with Crippen LogP contribution < -0.4 is 20.1 Å². The smallest absolute Gasteiger partial charge is 0.246 e. The third-order valence-electron chi connectivity index (χ3n) is 8.54. The molecule has 0 radical (unpaired) electrons. The first-order chi connectivity index (χ1) is 29.6. The van der Waals surface area contributed by atoms with Crippen molar-refractivity contribution in [2.24, 2.45) is 0 Å². The molecule has 0 aliphatic rings. The molecule has 0 unspecified atom stereocenters. The molecule has 0 aliphatic carbocycles. The Morgan fingerprint density at radius 3 is 1.48 bits per heavy atom. The minimum absolute atomic E-state index is 0.339. The molecule has 6 aromatic heterocycles. The number of anilines is 4. The zero-order valence-electron chi connectivity index (χ0n) is 31.1. The Balaban J connectivity index is 0.000000154. The summed E-state index contributed by atoms with van der Waals surface area (Å²) < 4.78 is 14.2. The first-order valence-electron chi connectivity index (χ1n) is 18.2. The number of nitrogens with one attached hydrogen (secondary N) is 2. The second-order valence-corrected chi connectivity index (χ2v) is 14.6. The topological polar surface area (TPSA) is 182 Å². The normalized spacial score (nSPS) is 10.7. The zero-order valence-corrected chi connectivity index (χ0v) is 32.7. The van der Waals surface area contributed by atoms with Crippen LogP contribution in [-0.4, -0.2) is 44.9 Å². The molecule has 14 nitrogen and oxygen atoms in total. The Kier molecular flexibility index (Phi) is 10.9. The molecule has 0 atom stereocenters. The number of aromatic nitrogens is 9. The number of hydrogen-bond donors (Lipinski definition) is 2. The molecule has 0 saturated carbocycles. The van der Waals surface area contributed by atoms with Crippen LogP contribution in [0.25, 0.3) is 42.9 Å². The Morgan fingerprint density at radius 2 is 1.00 bits per heavy atom. The van der Waals surface area contributed by atoms with Crippen molar-refractivity contribution in [2.45, 2.75) is 0 Å². The molecule has 0 fully saturated rings. The van der Waals surface area contributed by atoms with Crippen molar-refractivity contribution in [3.8, 4) is 51.8 Å². The van der Waals surface area contributed by atoms with E-state index in [9.17, 15) is 0 Å². The quantitative estimate of drug-likeness (QED) is 0.133. The van der Waals surface area contributed by atoms with Crippen LogP contribution in [0.2, 0.25) is 0 Å². The highest BCUT2D eigenvalue weighted by molar-refractivity contribution is 7.22. The number of pyridine rings is 1. The first-order valence-corrected chi connectivity index (χ1v) is 19.8. The van der Waals surface area contributed by atoms with Crippen LogP contribution in [0.1, 0.15) is 5.69 Å². The van der Waals surface area contributed by atoms with E-state index >= 15 is 0 Å². The van der Waals surface area contributed by atoms with Crippen LogP contribution in [-0.2, 0) is 0 Å². The van der Waals surface area contributed by atoms with Crippen LogP contribution in [0.4, 0.5) is 21.6 Å². The second-order valence-electron chi connectivity index (χ2n) is 12.6. The molecule has 0 amide bonds. The molecule has 0 bridgehead atoms. The van der Waals surface area contributed by atoms with E-state index in [4.69, 9.17) is 14.7 Å². The maximum absolute atomic E-state index is 8.93. The van der Waals surface area contributed by atoms with E-state index in [0.29, 0.717) is 40.3 Å². The van der Waals surface area contributed by atoms with E-state index in [2.05, 4.69) is 67.6 Å². The number of rotatable bonds is 10. The third kappa shape index (κ3) is 8.82. The molecule has 0 saturated heterocycles. The highest BCUT2D eigenvalue weighted by Gasteiger charge is 2.13. The lowest BCUT2D eigenvalue weighted by Gasteiger charge is -2.10. The molecule has 6 heterocycles. The summed E-state index contributed by atoms with van der Waals surface area (Å²) in [5.74, 6) is 2.03. The molecule has 10 rings (SSSR count). The minimum atomic E-state index is 0.339. The fraction of sp³-hybridized carbons (Fsp3) is 0. The van der Waals surface area contributed by atoms with Gasteiger partial charge < -0.3 is 20.1 Å². The van der Waals surface area contributed by atoms with Gasteiger partial charge in [-0.2, -0.15) is 5.26 Å². The number of nitrogens with zero attached hydrogens (tertiary/aromatic N) is 10. The number of ether oxygens (including phenoxy) is 2. The third-order valence-corrected chi connectivity index (χ3v) is 10.4. The van der Waals surface area contributed by atoms with Gasteiger partial charge in [0.1, 0.15) is 41.0 Å². The van der Waals surface area contributed by atoms with Gasteiger partial charge in [-0.05, 0) is 84.9 Å². The number of thiazole rings is 2. The summed E-state index contributed by atoms with van der Waals surface area (Å²) in [6.45, 7) is 0. The summed E-state index contributed by atoms with van der Waals surface area (Å²) in [5.41, 5.74) is 6.73. The van der Waals surface area contributed by atoms with E-state index in [-0.39, 0.29) is 0 Å². The summed E-state index contributed by atoms with van der Waals surface area (Å²) in [4.78, 5) is 38.6. The van der Waals surface area contributed by atoms with Crippen LogP contribution in [0.15, 0.2) is 159 Å². The van der Waals surface area contributed by atoms with E-state index in [0.717, 1.165) is 53.2 Å². The van der Waals surface area contributed by atoms with E-state index in [1.807, 2.05) is 91.0 Å². The average Bonchev–Trinajstić information content (AvgIpc) is 3.92. The van der Waals surface area contributed by atoms with Crippen molar-refractivity contribution >= 4 is 64.7 Å². The predicted octanol–water partition coefficient (Wildman–Crippen LogP) is 10.6. The van der Waals surface area contributed by atoms with E-state index in [1.54, 1.807) is 78.2 Å². The number of benzene rings is 4. The molecule has 60 heavy (non-hydrogen) atoms. The second kappa shape index (κ2) is 17.5. The van der Waals surface area contributed by atoms with Crippen LogP contribution in [0.5, 0.6) is 23.3 Å². The Morgan fingerprint density at radius 1 is 0.500 bits per heavy atom. The standard InChI is InChI=1S/C23H14N6OS.C21H14N6OS/c24-13-17-6-5-15(14-27-17)21-22(26-12-11-25-21)30-18-9-7-16(8-10-18)28-23-29-19-3-1-2-4-20(19)31-23;1-2-4-18-17(3-1)27-21(29-18)26-15-5-7-16(8-6-15)28-20-19(24-9-10-25-20)14-11-22-13-23-12-14/h1-12,14H,(H,28,29);1-13H,(H,26,27). The minimum Gasteiger partial charge on any atom is -0.437 e. The summed E-state index contributed by atoms with van der Waals surface area (Å²) >= 11 is 3.22. The van der Waals surface area contributed by atoms with Crippen molar-refractivity contribution in [1.82, 2.24) is 44.9 Å². The Labute approximate surface area is 350 Å². The lowest BCUT2D eigenvalue weighted by Crippen LogP contribution is -1.95. The molecule has 0 spiro atoms. The molecular weight excluding hydrogens is 793 g/mol. The highest BCUT2D eigenvalue weighted by Crippen LogP contribution is 2.33. The maximum atomic E-state index is 8.93. The number of para-hydroxylation sites is 2. The van der Waals surface area contributed by atoms with E-state index in [1.165, 1.54) is 6.33 Å². The highest BCUT2D eigenvalue weighted by atomic mass is 32.1. The number of fused-ring (bicyclic) bond motifs is 2. The van der Waals surface area contributed by atoms with Crippen molar-refractivity contribution < 1.29 is 9.47 Å². The Hall–Kier alpha value is -8.26. The molecule has 16 heteroatoms. The number of hydrogen-bond acceptors (Lipinski definition) is 16. The van der Waals surface area contributed by atoms with E-state index < -0.39 is 0 Å². The SMILES string of the molecule is N#Cc1ccc(-c2nccnc2Oc2ccc(Nc3nc4ccccc4s3)cc2)cn1.c1ccc2sc(Nc3ccc(Oc4nccnc4-c4cncnc4)cc3)nc2c1. The average molecular weight is 821 g/mol. The molecular formula is C44H28N12O2S2. The lowest BCUT2D eigenvalue weighted by molar-refractivity contribution is 0.462. The van der Waals surface area contributed by atoms with Gasteiger partial charge in [-0.3, -0.25) is 0 Å². The van der Waals surface area contributed by atoms with Crippen LogP contribution >= 0.6 is 22.7 Å². The van der Waals surface area contributed by atoms with Gasteiger partial charge in [0, 0.05) is 65.9 Å². The molecule has 2 N–H and O–H groups in total. The van der Waals surface area contributed by atoms with Gasteiger partial charge >= 0.3 is 0 Å². The Bertz CT molecular complexity index is 3000. The van der Waals surface area contributed by atoms with Gasteiger partial charge in [0.2, 0.25) is 11.8 Å². The molecule has 4 aromatic carbocycles. The molecule has 288 valence electrons. The van der Waals surface area contributed by atoms with Crippen molar-refractivity contribution in [3.05, 3.63) is 165 Å². The van der Waals surface area contributed by atoms with Crippen molar-refractivity contribution in [1.29, 1.82) is 5.26 Å². The summed E-state index contributed by atoms with van der Waals surface area (Å²) in [6, 6.07) is 36.7. The van der Waals surface area contributed by atoms with Gasteiger partial charge in [-0.15, -0.1) is 0 Å². The van der Waals surface area contributed by atoms with Gasteiger partial charge in [-0.25, -0.2) is 44.9 Å². The fourth-order valence-corrected chi connectivity index (χ4v) is 7.52. The van der Waals surface area contributed by atoms with Gasteiger partial charge in [-0.1, -0.05) is 46.9 Å².